The number of benzene rings is 2. The molecule has 1 heterocycles. The Hall–Kier alpha value is -2.35. The third kappa shape index (κ3) is 4.24. The summed E-state index contributed by atoms with van der Waals surface area (Å²) in [5, 5.41) is 1.06. The van der Waals surface area contributed by atoms with Gasteiger partial charge in [0, 0.05) is 34.8 Å². The van der Waals surface area contributed by atoms with Crippen LogP contribution in [0.25, 0.3) is 10.9 Å². The predicted octanol–water partition coefficient (Wildman–Crippen LogP) is 6.54. The van der Waals surface area contributed by atoms with E-state index in [1.165, 1.54) is 38.5 Å². The van der Waals surface area contributed by atoms with Crippen molar-refractivity contribution in [1.82, 2.24) is 4.57 Å². The topological polar surface area (TPSA) is 22.0 Å². The van der Waals surface area contributed by atoms with Gasteiger partial charge in [-0.3, -0.25) is 4.79 Å². The number of carbonyl (C=O) groups is 1. The van der Waals surface area contributed by atoms with Gasteiger partial charge in [-0.1, -0.05) is 81.0 Å². The average molecular weight is 348 g/mol. The first-order valence-electron chi connectivity index (χ1n) is 9.90. The van der Waals surface area contributed by atoms with Crippen LogP contribution in [-0.4, -0.2) is 10.4 Å². The van der Waals surface area contributed by atoms with Crippen LogP contribution >= 0.6 is 0 Å². The molecule has 0 aliphatic heterocycles. The van der Waals surface area contributed by atoms with Gasteiger partial charge in [-0.05, 0) is 25.5 Å². The number of nitrogens with zero attached hydrogens (tertiary/aromatic N) is 1. The highest BCUT2D eigenvalue weighted by molar-refractivity contribution is 6.16. The summed E-state index contributed by atoms with van der Waals surface area (Å²) in [6, 6.07) is 16.1. The summed E-state index contributed by atoms with van der Waals surface area (Å²) in [7, 11) is 0. The zero-order valence-electron chi connectivity index (χ0n) is 16.0. The van der Waals surface area contributed by atoms with Crippen LogP contribution in [0.1, 0.15) is 66.9 Å². The highest BCUT2D eigenvalue weighted by Gasteiger charge is 2.16. The fraction of sp³-hybridized carbons (Fsp3) is 0.375. The Morgan fingerprint density at radius 2 is 1.69 bits per heavy atom. The second-order valence-corrected chi connectivity index (χ2v) is 7.22. The molecule has 1 aromatic heterocycles. The third-order valence-electron chi connectivity index (χ3n) is 5.07. The first-order valence-corrected chi connectivity index (χ1v) is 9.90. The molecular formula is C24H29NO. The van der Waals surface area contributed by atoms with Crippen molar-refractivity contribution in [2.75, 3.05) is 0 Å². The first kappa shape index (κ1) is 18.4. The molecule has 136 valence electrons. The van der Waals surface area contributed by atoms with Crippen molar-refractivity contribution in [2.24, 2.45) is 0 Å². The maximum atomic E-state index is 13.1. The number of carbonyl (C=O) groups excluding carboxylic acids is 1. The predicted molar refractivity (Wildman–Crippen MR) is 110 cm³/mol. The van der Waals surface area contributed by atoms with E-state index in [4.69, 9.17) is 0 Å². The number of ketones is 1. The van der Waals surface area contributed by atoms with Gasteiger partial charge >= 0.3 is 0 Å². The maximum absolute atomic E-state index is 13.1. The third-order valence-corrected chi connectivity index (χ3v) is 5.07. The van der Waals surface area contributed by atoms with E-state index >= 15 is 0 Å². The molecule has 0 saturated heterocycles. The number of rotatable bonds is 9. The van der Waals surface area contributed by atoms with Crippen molar-refractivity contribution in [3.63, 3.8) is 0 Å². The molecule has 0 fully saturated rings. The van der Waals surface area contributed by atoms with Crippen LogP contribution in [0, 0.1) is 6.92 Å². The van der Waals surface area contributed by atoms with Crippen molar-refractivity contribution in [2.45, 2.75) is 58.9 Å². The SMILES string of the molecule is CCCCCCCCn1cc(C(=O)c2cccc(C)c2)c2ccccc21. The van der Waals surface area contributed by atoms with E-state index in [1.807, 2.05) is 37.3 Å². The van der Waals surface area contributed by atoms with Gasteiger partial charge in [0.15, 0.2) is 5.78 Å². The Morgan fingerprint density at radius 3 is 2.50 bits per heavy atom. The van der Waals surface area contributed by atoms with E-state index in [2.05, 4.69) is 35.9 Å². The second kappa shape index (κ2) is 8.84. The minimum absolute atomic E-state index is 0.117. The minimum Gasteiger partial charge on any atom is -0.347 e. The van der Waals surface area contributed by atoms with Crippen LogP contribution in [0.2, 0.25) is 0 Å². The number of hydrogen-bond acceptors (Lipinski definition) is 1. The maximum Gasteiger partial charge on any atom is 0.195 e. The molecule has 0 aliphatic rings. The van der Waals surface area contributed by atoms with Crippen LogP contribution < -0.4 is 0 Å². The van der Waals surface area contributed by atoms with Gasteiger partial charge in [0.1, 0.15) is 0 Å². The standard InChI is InChI=1S/C24H29NO/c1-3-4-5-6-7-10-16-25-18-22(21-14-8-9-15-23(21)25)24(26)20-13-11-12-19(2)17-20/h8-9,11-15,17-18H,3-7,10,16H2,1-2H3. The second-order valence-electron chi connectivity index (χ2n) is 7.22. The normalized spacial score (nSPS) is 11.2. The van der Waals surface area contributed by atoms with Crippen molar-refractivity contribution in [3.05, 3.63) is 71.4 Å². The monoisotopic (exact) mass is 347 g/mol. The molecule has 0 spiro atoms. The summed E-state index contributed by atoms with van der Waals surface area (Å²) in [4.78, 5) is 13.1. The molecule has 0 N–H and O–H groups in total. The lowest BCUT2D eigenvalue weighted by atomic mass is 10.0. The average Bonchev–Trinajstić information content (AvgIpc) is 3.03. The molecule has 0 aliphatic carbocycles. The Kier molecular flexibility index (Phi) is 6.27. The van der Waals surface area contributed by atoms with E-state index < -0.39 is 0 Å². The number of aryl methyl sites for hydroxylation is 2. The number of unbranched alkanes of at least 4 members (excludes halogenated alkanes) is 5. The van der Waals surface area contributed by atoms with Crippen molar-refractivity contribution >= 4 is 16.7 Å². The van der Waals surface area contributed by atoms with Gasteiger partial charge in [0.05, 0.1) is 0 Å². The van der Waals surface area contributed by atoms with Gasteiger partial charge in [0.2, 0.25) is 0 Å². The molecule has 2 heteroatoms. The lowest BCUT2D eigenvalue weighted by Gasteiger charge is -2.05. The quantitative estimate of drug-likeness (QED) is 0.318. The molecule has 26 heavy (non-hydrogen) atoms. The van der Waals surface area contributed by atoms with Crippen molar-refractivity contribution in [1.29, 1.82) is 0 Å². The molecule has 0 radical (unpaired) electrons. The summed E-state index contributed by atoms with van der Waals surface area (Å²) in [6.07, 6.45) is 9.74. The molecule has 0 unspecified atom stereocenters. The number of aromatic nitrogens is 1. The molecule has 0 amide bonds. The molecule has 2 aromatic carbocycles. The Bertz CT molecular complexity index is 875. The van der Waals surface area contributed by atoms with E-state index in [1.54, 1.807) is 0 Å². The fourth-order valence-corrected chi connectivity index (χ4v) is 3.62. The lowest BCUT2D eigenvalue weighted by molar-refractivity contribution is 0.104. The first-order chi connectivity index (χ1) is 12.7. The Labute approximate surface area is 156 Å². The smallest absolute Gasteiger partial charge is 0.195 e. The van der Waals surface area contributed by atoms with Gasteiger partial charge in [-0.2, -0.15) is 0 Å². The zero-order chi connectivity index (χ0) is 18.4. The van der Waals surface area contributed by atoms with Gasteiger partial charge in [-0.15, -0.1) is 0 Å². The molecule has 2 nitrogen and oxygen atoms in total. The van der Waals surface area contributed by atoms with Crippen molar-refractivity contribution in [3.8, 4) is 0 Å². The Balaban J connectivity index is 1.80. The van der Waals surface area contributed by atoms with E-state index in [0.29, 0.717) is 0 Å². The highest BCUT2D eigenvalue weighted by atomic mass is 16.1. The molecule has 0 bridgehead atoms. The van der Waals surface area contributed by atoms with E-state index in [-0.39, 0.29) is 5.78 Å². The number of para-hydroxylation sites is 1. The number of hydrogen-bond donors (Lipinski definition) is 0. The Morgan fingerprint density at radius 1 is 0.923 bits per heavy atom. The van der Waals surface area contributed by atoms with Gasteiger partial charge in [-0.25, -0.2) is 0 Å². The fourth-order valence-electron chi connectivity index (χ4n) is 3.62. The minimum atomic E-state index is 0.117. The molecule has 3 aromatic rings. The zero-order valence-corrected chi connectivity index (χ0v) is 16.0. The van der Waals surface area contributed by atoms with Crippen LogP contribution in [0.15, 0.2) is 54.7 Å². The van der Waals surface area contributed by atoms with E-state index in [0.717, 1.165) is 34.1 Å². The van der Waals surface area contributed by atoms with Gasteiger partial charge < -0.3 is 4.57 Å². The molecule has 0 atom stereocenters. The summed E-state index contributed by atoms with van der Waals surface area (Å²) in [5.74, 6) is 0.117. The molecular weight excluding hydrogens is 318 g/mol. The van der Waals surface area contributed by atoms with E-state index in [9.17, 15) is 4.79 Å². The molecule has 0 saturated carbocycles. The number of fused-ring (bicyclic) bond motifs is 1. The van der Waals surface area contributed by atoms with Crippen LogP contribution in [0.5, 0.6) is 0 Å². The molecule has 3 rings (SSSR count). The summed E-state index contributed by atoms with van der Waals surface area (Å²) in [5.41, 5.74) is 3.87. The van der Waals surface area contributed by atoms with Crippen LogP contribution in [0.4, 0.5) is 0 Å². The summed E-state index contributed by atoms with van der Waals surface area (Å²) < 4.78 is 2.26. The lowest BCUT2D eigenvalue weighted by Crippen LogP contribution is -2.01. The van der Waals surface area contributed by atoms with Crippen molar-refractivity contribution < 1.29 is 4.79 Å². The summed E-state index contributed by atoms with van der Waals surface area (Å²) >= 11 is 0. The highest BCUT2D eigenvalue weighted by Crippen LogP contribution is 2.25. The van der Waals surface area contributed by atoms with Crippen LogP contribution in [0.3, 0.4) is 0 Å². The summed E-state index contributed by atoms with van der Waals surface area (Å²) in [6.45, 7) is 5.26. The van der Waals surface area contributed by atoms with Gasteiger partial charge in [0.25, 0.3) is 0 Å². The largest absolute Gasteiger partial charge is 0.347 e. The van der Waals surface area contributed by atoms with Crippen LogP contribution in [-0.2, 0) is 6.54 Å².